The molecule has 114 valence electrons. The Labute approximate surface area is 127 Å². The summed E-state index contributed by atoms with van der Waals surface area (Å²) in [6.07, 6.45) is 9.36. The van der Waals surface area contributed by atoms with Crippen molar-refractivity contribution in [3.05, 3.63) is 41.6 Å². The Bertz CT molecular complexity index is 768. The lowest BCUT2D eigenvalue weighted by Gasteiger charge is -2.08. The van der Waals surface area contributed by atoms with E-state index >= 15 is 0 Å². The van der Waals surface area contributed by atoms with E-state index in [0.717, 1.165) is 0 Å². The van der Waals surface area contributed by atoms with Crippen molar-refractivity contribution in [2.45, 2.75) is 19.8 Å². The van der Waals surface area contributed by atoms with Gasteiger partial charge in [-0.05, 0) is 19.4 Å². The summed E-state index contributed by atoms with van der Waals surface area (Å²) < 4.78 is 0. The van der Waals surface area contributed by atoms with Crippen molar-refractivity contribution < 1.29 is 9.90 Å². The Balaban J connectivity index is 2.44. The topological polar surface area (TPSA) is 128 Å². The van der Waals surface area contributed by atoms with Gasteiger partial charge in [-0.3, -0.25) is 9.78 Å². The van der Waals surface area contributed by atoms with Crippen LogP contribution in [-0.4, -0.2) is 26.0 Å². The Morgan fingerprint density at radius 3 is 2.77 bits per heavy atom. The van der Waals surface area contributed by atoms with Gasteiger partial charge in [0.15, 0.2) is 11.3 Å². The van der Waals surface area contributed by atoms with E-state index < -0.39 is 5.91 Å². The van der Waals surface area contributed by atoms with Gasteiger partial charge in [0, 0.05) is 24.4 Å². The summed E-state index contributed by atoms with van der Waals surface area (Å²) in [5, 5.41) is 9.41. The first-order valence-electron chi connectivity index (χ1n) is 6.75. The summed E-state index contributed by atoms with van der Waals surface area (Å²) in [6.45, 7) is 1.77. The minimum absolute atomic E-state index is 0.0241. The van der Waals surface area contributed by atoms with Gasteiger partial charge < -0.3 is 16.6 Å². The van der Waals surface area contributed by atoms with Gasteiger partial charge >= 0.3 is 0 Å². The van der Waals surface area contributed by atoms with Crippen molar-refractivity contribution in [2.75, 3.05) is 5.73 Å². The largest absolute Gasteiger partial charge is 0.513 e. The molecule has 0 saturated heterocycles. The van der Waals surface area contributed by atoms with Crippen LogP contribution in [0.5, 0.6) is 0 Å². The molecule has 0 spiro atoms. The number of aliphatic hydroxyl groups is 1. The molecule has 0 aliphatic carbocycles. The first-order valence-corrected chi connectivity index (χ1v) is 6.75. The fourth-order valence-electron chi connectivity index (χ4n) is 1.96. The predicted molar refractivity (Wildman–Crippen MR) is 84.9 cm³/mol. The first-order chi connectivity index (χ1) is 10.5. The van der Waals surface area contributed by atoms with Gasteiger partial charge in [-0.15, -0.1) is 0 Å². The average Bonchev–Trinajstić information content (AvgIpc) is 2.52. The fourth-order valence-corrected chi connectivity index (χ4v) is 1.96. The molecule has 5 N–H and O–H groups in total. The number of amides is 1. The second-order valence-corrected chi connectivity index (χ2v) is 4.60. The molecular weight excluding hydrogens is 282 g/mol. The number of anilines is 1. The highest BCUT2D eigenvalue weighted by molar-refractivity contribution is 6.02. The van der Waals surface area contributed by atoms with Crippen molar-refractivity contribution in [3.63, 3.8) is 0 Å². The Morgan fingerprint density at radius 1 is 1.36 bits per heavy atom. The molecule has 0 unspecified atom stereocenters. The number of nitrogens with two attached hydrogens (primary N) is 2. The fraction of sp³-hybridized carbons (Fsp3) is 0.200. The van der Waals surface area contributed by atoms with E-state index in [9.17, 15) is 9.90 Å². The first kappa shape index (κ1) is 15.4. The lowest BCUT2D eigenvalue weighted by atomic mass is 10.1. The third-order valence-corrected chi connectivity index (χ3v) is 3.12. The van der Waals surface area contributed by atoms with Crippen molar-refractivity contribution in [2.24, 2.45) is 5.73 Å². The minimum atomic E-state index is -0.716. The van der Waals surface area contributed by atoms with E-state index in [-0.39, 0.29) is 11.4 Å². The van der Waals surface area contributed by atoms with Crippen molar-refractivity contribution >= 4 is 28.8 Å². The molecule has 1 amide bonds. The Hall–Kier alpha value is -2.96. The zero-order chi connectivity index (χ0) is 16.1. The molecule has 0 bridgehead atoms. The van der Waals surface area contributed by atoms with Gasteiger partial charge in [0.05, 0.1) is 11.4 Å². The smallest absolute Gasteiger partial charge is 0.269 e. The molecule has 7 heteroatoms. The van der Waals surface area contributed by atoms with Crippen LogP contribution in [0.15, 0.2) is 30.3 Å². The van der Waals surface area contributed by atoms with Crippen LogP contribution in [0.2, 0.25) is 0 Å². The normalized spacial score (nSPS) is 12.1. The molecule has 0 radical (unpaired) electrons. The number of fused-ring (bicyclic) bond motifs is 1. The maximum Gasteiger partial charge on any atom is 0.269 e. The van der Waals surface area contributed by atoms with Crippen LogP contribution in [0.25, 0.3) is 17.2 Å². The van der Waals surface area contributed by atoms with E-state index in [2.05, 4.69) is 15.0 Å². The van der Waals surface area contributed by atoms with E-state index in [1.807, 2.05) is 6.08 Å². The number of nitrogens with zero attached hydrogens (tertiary/aromatic N) is 3. The van der Waals surface area contributed by atoms with Gasteiger partial charge in [0.1, 0.15) is 5.52 Å². The van der Waals surface area contributed by atoms with E-state index in [1.165, 1.54) is 12.4 Å². The number of nitrogen functional groups attached to an aromatic ring is 1. The molecule has 2 rings (SSSR count). The highest BCUT2D eigenvalue weighted by atomic mass is 16.3. The van der Waals surface area contributed by atoms with E-state index in [0.29, 0.717) is 35.3 Å². The summed E-state index contributed by atoms with van der Waals surface area (Å²) >= 11 is 0. The molecule has 2 aromatic rings. The summed E-state index contributed by atoms with van der Waals surface area (Å²) in [6, 6.07) is 0. The maximum absolute atomic E-state index is 11.4. The van der Waals surface area contributed by atoms with Gasteiger partial charge in [0.25, 0.3) is 5.91 Å². The number of carbonyl (C=O) groups is 1. The number of hydrogen-bond donors (Lipinski definition) is 3. The van der Waals surface area contributed by atoms with Crippen molar-refractivity contribution in [3.8, 4) is 0 Å². The summed E-state index contributed by atoms with van der Waals surface area (Å²) in [4.78, 5) is 23.8. The van der Waals surface area contributed by atoms with Crippen LogP contribution >= 0.6 is 0 Å². The molecule has 0 aliphatic heterocycles. The van der Waals surface area contributed by atoms with E-state index in [4.69, 9.17) is 11.5 Å². The molecule has 22 heavy (non-hydrogen) atoms. The van der Waals surface area contributed by atoms with E-state index in [1.54, 1.807) is 19.1 Å². The number of carbonyl (C=O) groups excluding carboxylic acids is 1. The number of primary amides is 1. The predicted octanol–water partition coefficient (Wildman–Crippen LogP) is 1.96. The number of aliphatic hydroxyl groups excluding tert-OH is 1. The van der Waals surface area contributed by atoms with Crippen LogP contribution in [-0.2, 0) is 0 Å². The molecule has 0 aliphatic rings. The second kappa shape index (κ2) is 6.66. The maximum atomic E-state index is 11.4. The van der Waals surface area contributed by atoms with Crippen LogP contribution in [0.4, 0.5) is 5.69 Å². The Kier molecular flexibility index (Phi) is 4.67. The van der Waals surface area contributed by atoms with Crippen LogP contribution in [0.3, 0.4) is 0 Å². The lowest BCUT2D eigenvalue weighted by molar-refractivity contribution is 0.0997. The molecule has 2 aromatic heterocycles. The zero-order valence-electron chi connectivity index (χ0n) is 12.2. The average molecular weight is 299 g/mol. The standard InChI is InChI=1S/C15H17N5O2/c1-2-9(21)5-3-4-6-10-11(16)13(14(17)22)20-15-12(10)18-7-8-19-15/h2,4,6-8,21H,3,5,16H2,1H3,(H2,17,22)/b6-4+,9-2-. The molecular formula is C15H17N5O2. The van der Waals surface area contributed by atoms with Crippen LogP contribution in [0, 0.1) is 0 Å². The van der Waals surface area contributed by atoms with Gasteiger partial charge in [0.2, 0.25) is 0 Å². The quantitative estimate of drug-likeness (QED) is 0.724. The minimum Gasteiger partial charge on any atom is -0.513 e. The van der Waals surface area contributed by atoms with Gasteiger partial charge in [-0.1, -0.05) is 12.2 Å². The lowest BCUT2D eigenvalue weighted by Crippen LogP contribution is -2.17. The monoisotopic (exact) mass is 299 g/mol. The molecule has 7 nitrogen and oxygen atoms in total. The Morgan fingerprint density at radius 2 is 2.09 bits per heavy atom. The highest BCUT2D eigenvalue weighted by Crippen LogP contribution is 2.24. The SMILES string of the molecule is C/C=C(\O)CC/C=C/c1c(N)c(C(N)=O)nc2nccnc12. The number of aromatic nitrogens is 3. The molecule has 0 atom stereocenters. The zero-order valence-corrected chi connectivity index (χ0v) is 12.2. The molecule has 0 fully saturated rings. The summed E-state index contributed by atoms with van der Waals surface area (Å²) in [5.41, 5.74) is 12.8. The number of pyridine rings is 1. The van der Waals surface area contributed by atoms with Crippen molar-refractivity contribution in [1.82, 2.24) is 15.0 Å². The molecule has 0 aromatic carbocycles. The van der Waals surface area contributed by atoms with Gasteiger partial charge in [-0.25, -0.2) is 9.97 Å². The number of hydrogen-bond acceptors (Lipinski definition) is 6. The third-order valence-electron chi connectivity index (χ3n) is 3.12. The van der Waals surface area contributed by atoms with Crippen LogP contribution in [0.1, 0.15) is 35.8 Å². The number of allylic oxidation sites excluding steroid dienone is 3. The summed E-state index contributed by atoms with van der Waals surface area (Å²) in [5.74, 6) is -0.402. The summed E-state index contributed by atoms with van der Waals surface area (Å²) in [7, 11) is 0. The van der Waals surface area contributed by atoms with Crippen molar-refractivity contribution in [1.29, 1.82) is 0 Å². The highest BCUT2D eigenvalue weighted by Gasteiger charge is 2.15. The number of rotatable bonds is 5. The molecule has 2 heterocycles. The third kappa shape index (κ3) is 3.20. The molecule has 0 saturated carbocycles. The van der Waals surface area contributed by atoms with Gasteiger partial charge in [-0.2, -0.15) is 0 Å². The second-order valence-electron chi connectivity index (χ2n) is 4.60. The van der Waals surface area contributed by atoms with Crippen LogP contribution < -0.4 is 11.5 Å².